The molecule has 0 saturated carbocycles. The van der Waals surface area contributed by atoms with Crippen LogP contribution in [0.2, 0.25) is 0 Å². The van der Waals surface area contributed by atoms with Crippen LogP contribution in [0, 0.1) is 6.92 Å². The van der Waals surface area contributed by atoms with Crippen molar-refractivity contribution in [3.05, 3.63) is 45.8 Å². The zero-order chi connectivity index (χ0) is 21.1. The maximum atomic E-state index is 12.6. The highest BCUT2D eigenvalue weighted by molar-refractivity contribution is 7.80. The molecule has 3 rings (SSSR count). The fourth-order valence-electron chi connectivity index (χ4n) is 3.47. The monoisotopic (exact) mass is 432 g/mol. The van der Waals surface area contributed by atoms with E-state index in [-0.39, 0.29) is 19.3 Å². The van der Waals surface area contributed by atoms with E-state index < -0.39 is 11.9 Å². The lowest BCUT2D eigenvalue weighted by Crippen LogP contribution is -2.38. The predicted molar refractivity (Wildman–Crippen MR) is 119 cm³/mol. The third kappa shape index (κ3) is 4.13. The number of thiophene rings is 1. The first-order valence-electron chi connectivity index (χ1n) is 9.54. The minimum Gasteiger partial charge on any atom is -0.462 e. The van der Waals surface area contributed by atoms with Gasteiger partial charge >= 0.3 is 11.9 Å². The molecule has 0 fully saturated rings. The number of carbonyl (C=O) groups excluding carboxylic acids is 2. The molecule has 6 nitrogen and oxygen atoms in total. The van der Waals surface area contributed by atoms with E-state index in [4.69, 9.17) is 21.7 Å². The Morgan fingerprint density at radius 1 is 1.21 bits per heavy atom. The molecule has 0 aliphatic carbocycles. The zero-order valence-corrected chi connectivity index (χ0v) is 18.5. The maximum absolute atomic E-state index is 12.6. The van der Waals surface area contributed by atoms with Crippen molar-refractivity contribution < 1.29 is 19.1 Å². The smallest absolute Gasteiger partial charge is 0.348 e. The van der Waals surface area contributed by atoms with Crippen molar-refractivity contribution in [2.45, 2.75) is 40.2 Å². The average Bonchev–Trinajstić information content (AvgIpc) is 3.18. The molecule has 2 heterocycles. The Hall–Kier alpha value is -2.45. The number of hydrogen-bond donors (Lipinski definition) is 1. The summed E-state index contributed by atoms with van der Waals surface area (Å²) < 4.78 is 10.3. The average molecular weight is 433 g/mol. The Morgan fingerprint density at radius 3 is 2.55 bits per heavy atom. The van der Waals surface area contributed by atoms with Crippen LogP contribution in [-0.2, 0) is 15.9 Å². The number of carbonyl (C=O) groups is 2. The second kappa shape index (κ2) is 8.92. The van der Waals surface area contributed by atoms with E-state index >= 15 is 0 Å². The lowest BCUT2D eigenvalue weighted by molar-refractivity contribution is 0.0527. The van der Waals surface area contributed by atoms with Gasteiger partial charge in [0, 0.05) is 11.7 Å². The minimum absolute atomic E-state index is 0.184. The van der Waals surface area contributed by atoms with Gasteiger partial charge in [-0.05, 0) is 63.5 Å². The Kier molecular flexibility index (Phi) is 6.54. The van der Waals surface area contributed by atoms with Gasteiger partial charge < -0.3 is 19.7 Å². The number of fused-ring (bicyclic) bond motifs is 1. The number of ether oxygens (including phenoxy) is 2. The van der Waals surface area contributed by atoms with Gasteiger partial charge in [-0.15, -0.1) is 11.3 Å². The summed E-state index contributed by atoms with van der Waals surface area (Å²) in [6.45, 7) is 7.80. The molecule has 1 aromatic carbocycles. The third-order valence-electron chi connectivity index (χ3n) is 4.73. The summed E-state index contributed by atoms with van der Waals surface area (Å²) in [5.74, 6) is -0.948. The number of anilines is 2. The van der Waals surface area contributed by atoms with Gasteiger partial charge in [0.1, 0.15) is 9.88 Å². The molecule has 0 spiro atoms. The highest BCUT2D eigenvalue weighted by Crippen LogP contribution is 2.37. The van der Waals surface area contributed by atoms with Crippen LogP contribution in [0.1, 0.15) is 51.9 Å². The second-order valence-electron chi connectivity index (χ2n) is 6.68. The van der Waals surface area contributed by atoms with Crippen LogP contribution in [-0.4, -0.2) is 36.3 Å². The summed E-state index contributed by atoms with van der Waals surface area (Å²) in [5.41, 5.74) is 3.13. The van der Waals surface area contributed by atoms with Gasteiger partial charge in [0.2, 0.25) is 0 Å². The number of hydrogen-bond acceptors (Lipinski definition) is 6. The normalized spacial score (nSPS) is 15.0. The molecule has 1 aliphatic rings. The van der Waals surface area contributed by atoms with Gasteiger partial charge in [0.15, 0.2) is 5.11 Å². The number of esters is 2. The van der Waals surface area contributed by atoms with E-state index in [0.29, 0.717) is 26.1 Å². The van der Waals surface area contributed by atoms with Gasteiger partial charge in [-0.2, -0.15) is 0 Å². The summed E-state index contributed by atoms with van der Waals surface area (Å²) >= 11 is 6.84. The number of thiocarbonyl (C=S) groups is 1. The van der Waals surface area contributed by atoms with E-state index in [0.717, 1.165) is 23.4 Å². The van der Waals surface area contributed by atoms with E-state index in [1.165, 1.54) is 5.56 Å². The van der Waals surface area contributed by atoms with Gasteiger partial charge in [-0.25, -0.2) is 9.59 Å². The highest BCUT2D eigenvalue weighted by Gasteiger charge is 2.31. The molecule has 2 aromatic rings. The molecule has 8 heteroatoms. The number of para-hydroxylation sites is 1. The molecule has 0 radical (unpaired) electrons. The quantitative estimate of drug-likeness (QED) is 0.549. The van der Waals surface area contributed by atoms with E-state index in [1.807, 2.05) is 23.1 Å². The Balaban J connectivity index is 1.95. The van der Waals surface area contributed by atoms with Crippen molar-refractivity contribution >= 4 is 51.3 Å². The molecule has 0 amide bonds. The van der Waals surface area contributed by atoms with Crippen LogP contribution in [0.15, 0.2) is 24.3 Å². The van der Waals surface area contributed by atoms with Gasteiger partial charge in [-0.1, -0.05) is 18.2 Å². The molecule has 154 valence electrons. The standard InChI is InChI=1S/C21H24N2O4S2/c1-5-26-19(24)16-13(4)17(20(25)27-6-2)29-18(16)22-21(28)23-12(3)11-14-9-7-8-10-15(14)23/h7-10,12H,5-6,11H2,1-4H3,(H,22,28)/t12-/m1/s1. The van der Waals surface area contributed by atoms with Crippen molar-refractivity contribution in [1.82, 2.24) is 0 Å². The number of benzene rings is 1. The van der Waals surface area contributed by atoms with Crippen LogP contribution in [0.25, 0.3) is 0 Å². The highest BCUT2D eigenvalue weighted by atomic mass is 32.1. The van der Waals surface area contributed by atoms with Gasteiger partial charge in [0.25, 0.3) is 0 Å². The topological polar surface area (TPSA) is 67.9 Å². The summed E-state index contributed by atoms with van der Waals surface area (Å²) in [6.07, 6.45) is 0.889. The van der Waals surface area contributed by atoms with Crippen molar-refractivity contribution in [3.8, 4) is 0 Å². The van der Waals surface area contributed by atoms with Crippen molar-refractivity contribution in [2.75, 3.05) is 23.4 Å². The Labute approximate surface area is 179 Å². The number of rotatable bonds is 5. The zero-order valence-electron chi connectivity index (χ0n) is 16.9. The largest absolute Gasteiger partial charge is 0.462 e. The predicted octanol–water partition coefficient (Wildman–Crippen LogP) is 4.56. The van der Waals surface area contributed by atoms with Crippen molar-refractivity contribution in [2.24, 2.45) is 0 Å². The van der Waals surface area contributed by atoms with E-state index in [9.17, 15) is 9.59 Å². The molecule has 1 N–H and O–H groups in total. The lowest BCUT2D eigenvalue weighted by atomic mass is 10.1. The van der Waals surface area contributed by atoms with Crippen LogP contribution in [0.3, 0.4) is 0 Å². The molecule has 0 unspecified atom stereocenters. The van der Waals surface area contributed by atoms with Gasteiger partial charge in [0.05, 0.1) is 18.8 Å². The number of nitrogens with zero attached hydrogens (tertiary/aromatic N) is 1. The molecule has 1 atom stereocenters. The third-order valence-corrected chi connectivity index (χ3v) is 6.22. The van der Waals surface area contributed by atoms with Crippen LogP contribution in [0.4, 0.5) is 10.7 Å². The molecule has 0 saturated heterocycles. The summed E-state index contributed by atoms with van der Waals surface area (Å²) in [7, 11) is 0. The SMILES string of the molecule is CCOC(=O)c1sc(NC(=S)N2c3ccccc3C[C@H]2C)c(C(=O)OCC)c1C. The molecular formula is C21H24N2O4S2. The summed E-state index contributed by atoms with van der Waals surface area (Å²) in [4.78, 5) is 27.3. The van der Waals surface area contributed by atoms with E-state index in [1.54, 1.807) is 20.8 Å². The van der Waals surface area contributed by atoms with Crippen molar-refractivity contribution in [1.29, 1.82) is 0 Å². The van der Waals surface area contributed by atoms with Crippen LogP contribution >= 0.6 is 23.6 Å². The second-order valence-corrected chi connectivity index (χ2v) is 8.09. The summed E-state index contributed by atoms with van der Waals surface area (Å²) in [5, 5.41) is 4.16. The molecule has 29 heavy (non-hydrogen) atoms. The summed E-state index contributed by atoms with van der Waals surface area (Å²) in [6, 6.07) is 8.29. The fraction of sp³-hybridized carbons (Fsp3) is 0.381. The molecular weight excluding hydrogens is 408 g/mol. The first kappa shape index (κ1) is 21.3. The van der Waals surface area contributed by atoms with Crippen LogP contribution in [0.5, 0.6) is 0 Å². The van der Waals surface area contributed by atoms with Crippen LogP contribution < -0.4 is 10.2 Å². The lowest BCUT2D eigenvalue weighted by Gasteiger charge is -2.26. The number of nitrogens with one attached hydrogen (secondary N) is 1. The Morgan fingerprint density at radius 2 is 1.86 bits per heavy atom. The van der Waals surface area contributed by atoms with E-state index in [2.05, 4.69) is 18.3 Å². The first-order valence-corrected chi connectivity index (χ1v) is 10.8. The fourth-order valence-corrected chi connectivity index (χ4v) is 5.01. The first-order chi connectivity index (χ1) is 13.9. The molecule has 1 aliphatic heterocycles. The molecule has 1 aromatic heterocycles. The van der Waals surface area contributed by atoms with Crippen molar-refractivity contribution in [3.63, 3.8) is 0 Å². The minimum atomic E-state index is -0.489. The van der Waals surface area contributed by atoms with Gasteiger partial charge in [-0.3, -0.25) is 0 Å². The molecule has 0 bridgehead atoms. The maximum Gasteiger partial charge on any atom is 0.348 e. The Bertz CT molecular complexity index is 954.